The zero-order chi connectivity index (χ0) is 13.7. The van der Waals surface area contributed by atoms with Gasteiger partial charge in [0.2, 0.25) is 11.8 Å². The average Bonchev–Trinajstić information content (AvgIpc) is 3.21. The fourth-order valence-electron chi connectivity index (χ4n) is 1.77. The van der Waals surface area contributed by atoms with Crippen LogP contribution in [0.4, 0.5) is 5.69 Å². The summed E-state index contributed by atoms with van der Waals surface area (Å²) in [5, 5.41) is 5.67. The summed E-state index contributed by atoms with van der Waals surface area (Å²) in [6, 6.07) is 7.51. The highest BCUT2D eigenvalue weighted by atomic mass is 16.2. The van der Waals surface area contributed by atoms with Crippen molar-refractivity contribution in [3.8, 4) is 0 Å². The van der Waals surface area contributed by atoms with Crippen LogP contribution in [0.5, 0.6) is 0 Å². The van der Waals surface area contributed by atoms with Crippen molar-refractivity contribution < 1.29 is 9.59 Å². The van der Waals surface area contributed by atoms with Gasteiger partial charge in [0.05, 0.1) is 0 Å². The Hall–Kier alpha value is -1.88. The molecule has 1 fully saturated rings. The Balaban J connectivity index is 1.87. The molecule has 5 heteroatoms. The summed E-state index contributed by atoms with van der Waals surface area (Å²) in [7, 11) is 0. The van der Waals surface area contributed by atoms with Gasteiger partial charge >= 0.3 is 0 Å². The molecule has 0 aliphatic heterocycles. The smallest absolute Gasteiger partial charge is 0.227 e. The van der Waals surface area contributed by atoms with Gasteiger partial charge in [0.25, 0.3) is 0 Å². The van der Waals surface area contributed by atoms with Crippen molar-refractivity contribution in [2.45, 2.75) is 25.8 Å². The number of hydrogen-bond acceptors (Lipinski definition) is 3. The van der Waals surface area contributed by atoms with Gasteiger partial charge < -0.3 is 16.4 Å². The summed E-state index contributed by atoms with van der Waals surface area (Å²) < 4.78 is 0. The Morgan fingerprint density at radius 2 is 2.11 bits per heavy atom. The van der Waals surface area contributed by atoms with Gasteiger partial charge in [0.15, 0.2) is 0 Å². The summed E-state index contributed by atoms with van der Waals surface area (Å²) >= 11 is 0. The second-order valence-electron chi connectivity index (χ2n) is 4.78. The van der Waals surface area contributed by atoms with Gasteiger partial charge in [-0.15, -0.1) is 0 Å². The Labute approximate surface area is 112 Å². The molecule has 0 aromatic heterocycles. The molecule has 5 nitrogen and oxygen atoms in total. The third kappa shape index (κ3) is 4.37. The predicted octanol–water partition coefficient (Wildman–Crippen LogP) is 1.00. The predicted molar refractivity (Wildman–Crippen MR) is 73.3 cm³/mol. The first-order chi connectivity index (χ1) is 9.19. The Morgan fingerprint density at radius 3 is 2.79 bits per heavy atom. The maximum absolute atomic E-state index is 11.6. The summed E-state index contributed by atoms with van der Waals surface area (Å²) in [5.41, 5.74) is 7.04. The largest absolute Gasteiger partial charge is 0.352 e. The van der Waals surface area contributed by atoms with E-state index < -0.39 is 0 Å². The summed E-state index contributed by atoms with van der Waals surface area (Å²) in [5.74, 6) is 0.215. The van der Waals surface area contributed by atoms with Crippen LogP contribution in [0.15, 0.2) is 24.3 Å². The van der Waals surface area contributed by atoms with Crippen LogP contribution < -0.4 is 16.4 Å². The van der Waals surface area contributed by atoms with E-state index >= 15 is 0 Å². The lowest BCUT2D eigenvalue weighted by Crippen LogP contribution is -2.25. The summed E-state index contributed by atoms with van der Waals surface area (Å²) in [6.07, 6.45) is 2.31. The standard InChI is InChI=1S/C14H19N3O2/c15-7-6-13(18)16-9-10-2-1-3-12(8-10)17-14(19)11-4-5-11/h1-3,8,11H,4-7,9,15H2,(H,16,18)(H,17,19). The number of amides is 2. The Kier molecular flexibility index (Phi) is 4.52. The first-order valence-electron chi connectivity index (χ1n) is 6.55. The van der Waals surface area contributed by atoms with E-state index in [0.717, 1.165) is 24.1 Å². The molecule has 2 rings (SSSR count). The third-order valence-corrected chi connectivity index (χ3v) is 3.00. The maximum atomic E-state index is 11.6. The number of nitrogens with two attached hydrogens (primary N) is 1. The molecule has 1 aromatic carbocycles. The SMILES string of the molecule is NCCC(=O)NCc1cccc(NC(=O)C2CC2)c1. The zero-order valence-electron chi connectivity index (χ0n) is 10.8. The summed E-state index contributed by atoms with van der Waals surface area (Å²) in [6.45, 7) is 0.801. The number of carbonyl (C=O) groups is 2. The highest BCUT2D eigenvalue weighted by Gasteiger charge is 2.29. The number of nitrogens with one attached hydrogen (secondary N) is 2. The van der Waals surface area contributed by atoms with Gasteiger partial charge in [-0.2, -0.15) is 0 Å². The van der Waals surface area contributed by atoms with Crippen molar-refractivity contribution in [1.82, 2.24) is 5.32 Å². The molecule has 1 aliphatic carbocycles. The minimum absolute atomic E-state index is 0.0603. The number of hydrogen-bond donors (Lipinski definition) is 3. The molecule has 0 radical (unpaired) electrons. The van der Waals surface area contributed by atoms with Gasteiger partial charge in [-0.1, -0.05) is 12.1 Å². The number of carbonyl (C=O) groups excluding carboxylic acids is 2. The lowest BCUT2D eigenvalue weighted by atomic mass is 10.2. The quantitative estimate of drug-likeness (QED) is 0.714. The molecule has 1 saturated carbocycles. The second-order valence-corrected chi connectivity index (χ2v) is 4.78. The van der Waals surface area contributed by atoms with Crippen molar-refractivity contribution >= 4 is 17.5 Å². The van der Waals surface area contributed by atoms with Gasteiger partial charge in [-0.3, -0.25) is 9.59 Å². The van der Waals surface area contributed by atoms with Crippen LogP contribution in [0.25, 0.3) is 0 Å². The molecule has 0 spiro atoms. The van der Waals surface area contributed by atoms with Crippen LogP contribution >= 0.6 is 0 Å². The van der Waals surface area contributed by atoms with Gasteiger partial charge in [0, 0.05) is 31.1 Å². The molecule has 0 unspecified atom stereocenters. The second kappa shape index (κ2) is 6.33. The van der Waals surface area contributed by atoms with Crippen LogP contribution in [0, 0.1) is 5.92 Å². The van der Waals surface area contributed by atoms with Crippen LogP contribution in [0.2, 0.25) is 0 Å². The van der Waals surface area contributed by atoms with E-state index in [4.69, 9.17) is 5.73 Å². The summed E-state index contributed by atoms with van der Waals surface area (Å²) in [4.78, 5) is 23.0. The maximum Gasteiger partial charge on any atom is 0.227 e. The lowest BCUT2D eigenvalue weighted by molar-refractivity contribution is -0.121. The average molecular weight is 261 g/mol. The van der Waals surface area contributed by atoms with Crippen molar-refractivity contribution in [2.75, 3.05) is 11.9 Å². The van der Waals surface area contributed by atoms with Gasteiger partial charge in [-0.05, 0) is 30.5 Å². The highest BCUT2D eigenvalue weighted by molar-refractivity contribution is 5.94. The molecule has 0 heterocycles. The van der Waals surface area contributed by atoms with Crippen LogP contribution in [0.3, 0.4) is 0 Å². The van der Waals surface area contributed by atoms with Crippen molar-refractivity contribution in [2.24, 2.45) is 11.7 Å². The normalized spacial score (nSPS) is 13.9. The molecule has 1 aromatic rings. The van der Waals surface area contributed by atoms with Crippen molar-refractivity contribution in [3.05, 3.63) is 29.8 Å². The molecule has 19 heavy (non-hydrogen) atoms. The van der Waals surface area contributed by atoms with Crippen molar-refractivity contribution in [1.29, 1.82) is 0 Å². The minimum atomic E-state index is -0.0603. The molecule has 0 bridgehead atoms. The fourth-order valence-corrected chi connectivity index (χ4v) is 1.77. The molecular formula is C14H19N3O2. The molecule has 0 saturated heterocycles. The molecule has 4 N–H and O–H groups in total. The van der Waals surface area contributed by atoms with Crippen LogP contribution in [-0.4, -0.2) is 18.4 Å². The number of anilines is 1. The van der Waals surface area contributed by atoms with Crippen molar-refractivity contribution in [3.63, 3.8) is 0 Å². The Morgan fingerprint density at radius 1 is 1.32 bits per heavy atom. The highest BCUT2D eigenvalue weighted by Crippen LogP contribution is 2.30. The van der Waals surface area contributed by atoms with Crippen LogP contribution in [-0.2, 0) is 16.1 Å². The van der Waals surface area contributed by atoms with E-state index in [1.165, 1.54) is 0 Å². The third-order valence-electron chi connectivity index (χ3n) is 3.00. The molecule has 0 atom stereocenters. The van der Waals surface area contributed by atoms with Crippen LogP contribution in [0.1, 0.15) is 24.8 Å². The van der Waals surface area contributed by atoms with Gasteiger partial charge in [0.1, 0.15) is 0 Å². The fraction of sp³-hybridized carbons (Fsp3) is 0.429. The number of benzene rings is 1. The lowest BCUT2D eigenvalue weighted by Gasteiger charge is -2.08. The first-order valence-corrected chi connectivity index (χ1v) is 6.55. The molecule has 2 amide bonds. The van der Waals surface area contributed by atoms with E-state index in [2.05, 4.69) is 10.6 Å². The molecular weight excluding hydrogens is 242 g/mol. The van der Waals surface area contributed by atoms with E-state index in [0.29, 0.717) is 19.5 Å². The minimum Gasteiger partial charge on any atom is -0.352 e. The first kappa shape index (κ1) is 13.5. The van der Waals surface area contributed by atoms with E-state index in [9.17, 15) is 9.59 Å². The van der Waals surface area contributed by atoms with Gasteiger partial charge in [-0.25, -0.2) is 0 Å². The van der Waals surface area contributed by atoms with E-state index in [1.807, 2.05) is 24.3 Å². The Bertz CT molecular complexity index is 470. The number of rotatable bonds is 6. The molecule has 1 aliphatic rings. The topological polar surface area (TPSA) is 84.2 Å². The zero-order valence-corrected chi connectivity index (χ0v) is 10.8. The molecule has 102 valence electrons. The van der Waals surface area contributed by atoms with E-state index in [-0.39, 0.29) is 17.7 Å². The van der Waals surface area contributed by atoms with E-state index in [1.54, 1.807) is 0 Å². The monoisotopic (exact) mass is 261 g/mol.